The van der Waals surface area contributed by atoms with Crippen LogP contribution in [-0.4, -0.2) is 12.6 Å². The number of hydrogen-bond acceptors (Lipinski definition) is 3. The first kappa shape index (κ1) is 13.0. The molecule has 0 saturated carbocycles. The van der Waals surface area contributed by atoms with Gasteiger partial charge in [-0.15, -0.1) is 11.3 Å². The normalized spacial score (nSPS) is 10.6. The third kappa shape index (κ3) is 4.08. The van der Waals surface area contributed by atoms with Crippen molar-refractivity contribution in [2.75, 3.05) is 11.9 Å². The van der Waals surface area contributed by atoms with Crippen molar-refractivity contribution in [2.45, 2.75) is 26.4 Å². The van der Waals surface area contributed by atoms with Gasteiger partial charge in [0.2, 0.25) is 0 Å². The van der Waals surface area contributed by atoms with E-state index in [9.17, 15) is 0 Å². The van der Waals surface area contributed by atoms with Crippen molar-refractivity contribution in [3.8, 4) is 5.75 Å². The molecular formula is C15H19NOS. The van der Waals surface area contributed by atoms with Crippen LogP contribution in [0.5, 0.6) is 5.75 Å². The summed E-state index contributed by atoms with van der Waals surface area (Å²) in [6.07, 6.45) is 1.28. The maximum atomic E-state index is 5.67. The topological polar surface area (TPSA) is 21.3 Å². The largest absolute Gasteiger partial charge is 0.491 e. The summed E-state index contributed by atoms with van der Waals surface area (Å²) in [4.78, 5) is 1.41. The lowest BCUT2D eigenvalue weighted by atomic mass is 10.2. The molecule has 0 fully saturated rings. The highest BCUT2D eigenvalue weighted by Crippen LogP contribution is 2.18. The van der Waals surface area contributed by atoms with Crippen LogP contribution in [0, 0.1) is 0 Å². The zero-order chi connectivity index (χ0) is 12.8. The molecule has 0 atom stereocenters. The molecule has 0 aliphatic heterocycles. The van der Waals surface area contributed by atoms with Crippen LogP contribution >= 0.6 is 11.3 Å². The summed E-state index contributed by atoms with van der Waals surface area (Å²) in [5, 5.41) is 5.54. The molecule has 0 aliphatic carbocycles. The van der Waals surface area contributed by atoms with E-state index in [2.05, 4.69) is 35.0 Å². The van der Waals surface area contributed by atoms with Crippen molar-refractivity contribution in [1.82, 2.24) is 0 Å². The van der Waals surface area contributed by atoms with E-state index >= 15 is 0 Å². The Labute approximate surface area is 113 Å². The molecule has 0 bridgehead atoms. The molecule has 2 rings (SSSR count). The number of ether oxygens (including phenoxy) is 1. The Hall–Kier alpha value is -1.48. The van der Waals surface area contributed by atoms with E-state index in [4.69, 9.17) is 4.74 Å². The lowest BCUT2D eigenvalue weighted by molar-refractivity contribution is 0.242. The van der Waals surface area contributed by atoms with Crippen LogP contribution in [0.3, 0.4) is 0 Å². The highest BCUT2D eigenvalue weighted by Gasteiger charge is 1.99. The lowest BCUT2D eigenvalue weighted by Crippen LogP contribution is -2.07. The van der Waals surface area contributed by atoms with Gasteiger partial charge in [0.15, 0.2) is 0 Å². The lowest BCUT2D eigenvalue weighted by Gasteiger charge is -2.11. The number of nitrogens with one attached hydrogen (secondary N) is 1. The fourth-order valence-corrected chi connectivity index (χ4v) is 2.45. The van der Waals surface area contributed by atoms with Crippen molar-refractivity contribution in [1.29, 1.82) is 0 Å². The number of rotatable bonds is 6. The first-order valence-corrected chi connectivity index (χ1v) is 7.15. The Kier molecular flexibility index (Phi) is 4.65. The van der Waals surface area contributed by atoms with E-state index in [0.717, 1.165) is 24.4 Å². The molecular weight excluding hydrogens is 242 g/mol. The first-order chi connectivity index (χ1) is 8.74. The summed E-state index contributed by atoms with van der Waals surface area (Å²) >= 11 is 1.80. The molecule has 2 aromatic rings. The minimum atomic E-state index is 0.214. The zero-order valence-electron chi connectivity index (χ0n) is 10.8. The molecule has 1 heterocycles. The van der Waals surface area contributed by atoms with Crippen LogP contribution in [0.1, 0.15) is 18.7 Å². The molecule has 96 valence electrons. The second kappa shape index (κ2) is 6.45. The molecule has 0 unspecified atom stereocenters. The Balaban J connectivity index is 1.85. The van der Waals surface area contributed by atoms with E-state index in [1.165, 1.54) is 4.88 Å². The van der Waals surface area contributed by atoms with Crippen molar-refractivity contribution in [3.63, 3.8) is 0 Å². The van der Waals surface area contributed by atoms with Gasteiger partial charge in [-0.2, -0.15) is 0 Å². The van der Waals surface area contributed by atoms with Gasteiger partial charge in [0.05, 0.1) is 6.10 Å². The van der Waals surface area contributed by atoms with Gasteiger partial charge in [0.1, 0.15) is 5.75 Å². The molecule has 1 N–H and O–H groups in total. The maximum Gasteiger partial charge on any atom is 0.121 e. The summed E-state index contributed by atoms with van der Waals surface area (Å²) < 4.78 is 5.67. The van der Waals surface area contributed by atoms with E-state index in [0.29, 0.717) is 0 Å². The van der Waals surface area contributed by atoms with Crippen LogP contribution in [-0.2, 0) is 6.42 Å². The Morgan fingerprint density at radius 2 is 2.11 bits per heavy atom. The van der Waals surface area contributed by atoms with Gasteiger partial charge in [-0.05, 0) is 43.8 Å². The molecule has 2 nitrogen and oxygen atoms in total. The van der Waals surface area contributed by atoms with Crippen LogP contribution in [0.15, 0.2) is 41.8 Å². The number of anilines is 1. The summed E-state index contributed by atoms with van der Waals surface area (Å²) in [7, 11) is 0. The van der Waals surface area contributed by atoms with Gasteiger partial charge in [-0.1, -0.05) is 12.1 Å². The second-order valence-corrected chi connectivity index (χ2v) is 5.48. The summed E-state index contributed by atoms with van der Waals surface area (Å²) in [6.45, 7) is 5.03. The quantitative estimate of drug-likeness (QED) is 0.842. The minimum absolute atomic E-state index is 0.214. The fourth-order valence-electron chi connectivity index (χ4n) is 1.74. The molecule has 3 heteroatoms. The van der Waals surface area contributed by atoms with E-state index in [1.54, 1.807) is 11.3 Å². The molecule has 0 saturated heterocycles. The van der Waals surface area contributed by atoms with Crippen LogP contribution in [0.2, 0.25) is 0 Å². The van der Waals surface area contributed by atoms with Gasteiger partial charge < -0.3 is 10.1 Å². The SMILES string of the molecule is CC(C)Oc1cccc(NCCc2cccs2)c1. The van der Waals surface area contributed by atoms with Crippen molar-refractivity contribution in [2.24, 2.45) is 0 Å². The fraction of sp³-hybridized carbons (Fsp3) is 0.333. The van der Waals surface area contributed by atoms with Crippen molar-refractivity contribution < 1.29 is 4.74 Å². The van der Waals surface area contributed by atoms with E-state index < -0.39 is 0 Å². The molecule has 1 aromatic heterocycles. The van der Waals surface area contributed by atoms with Gasteiger partial charge in [0, 0.05) is 23.2 Å². The molecule has 1 aromatic carbocycles. The van der Waals surface area contributed by atoms with Crippen LogP contribution < -0.4 is 10.1 Å². The molecule has 18 heavy (non-hydrogen) atoms. The third-order valence-corrected chi connectivity index (χ3v) is 3.42. The van der Waals surface area contributed by atoms with Gasteiger partial charge in [-0.3, -0.25) is 0 Å². The van der Waals surface area contributed by atoms with Crippen LogP contribution in [0.25, 0.3) is 0 Å². The number of thiophene rings is 1. The molecule has 0 spiro atoms. The van der Waals surface area contributed by atoms with E-state index in [1.807, 2.05) is 26.0 Å². The average molecular weight is 261 g/mol. The Morgan fingerprint density at radius 1 is 1.22 bits per heavy atom. The predicted octanol–water partition coefficient (Wildman–Crippen LogP) is 4.19. The number of hydrogen-bond donors (Lipinski definition) is 1. The Morgan fingerprint density at radius 3 is 2.83 bits per heavy atom. The van der Waals surface area contributed by atoms with Gasteiger partial charge in [0.25, 0.3) is 0 Å². The highest BCUT2D eigenvalue weighted by molar-refractivity contribution is 7.09. The maximum absolute atomic E-state index is 5.67. The summed E-state index contributed by atoms with van der Waals surface area (Å²) in [5.74, 6) is 0.922. The average Bonchev–Trinajstić information content (AvgIpc) is 2.82. The highest BCUT2D eigenvalue weighted by atomic mass is 32.1. The summed E-state index contributed by atoms with van der Waals surface area (Å²) in [5.41, 5.74) is 1.12. The predicted molar refractivity (Wildman–Crippen MR) is 78.7 cm³/mol. The molecule has 0 radical (unpaired) electrons. The summed E-state index contributed by atoms with van der Waals surface area (Å²) in [6, 6.07) is 12.4. The minimum Gasteiger partial charge on any atom is -0.491 e. The number of benzene rings is 1. The van der Waals surface area contributed by atoms with Crippen molar-refractivity contribution in [3.05, 3.63) is 46.7 Å². The van der Waals surface area contributed by atoms with Crippen molar-refractivity contribution >= 4 is 17.0 Å². The first-order valence-electron chi connectivity index (χ1n) is 6.27. The molecule has 0 aliphatic rings. The smallest absolute Gasteiger partial charge is 0.121 e. The van der Waals surface area contributed by atoms with Gasteiger partial charge >= 0.3 is 0 Å². The Bertz CT molecular complexity index is 465. The second-order valence-electron chi connectivity index (χ2n) is 4.45. The standard InChI is InChI=1S/C15H19NOS/c1-12(2)17-14-6-3-5-13(11-14)16-9-8-15-7-4-10-18-15/h3-7,10-12,16H,8-9H2,1-2H3. The molecule has 0 amide bonds. The van der Waals surface area contributed by atoms with E-state index in [-0.39, 0.29) is 6.10 Å². The third-order valence-electron chi connectivity index (χ3n) is 2.49. The zero-order valence-corrected chi connectivity index (χ0v) is 11.7. The van der Waals surface area contributed by atoms with Gasteiger partial charge in [-0.25, -0.2) is 0 Å². The van der Waals surface area contributed by atoms with Crippen LogP contribution in [0.4, 0.5) is 5.69 Å². The monoisotopic (exact) mass is 261 g/mol.